The van der Waals surface area contributed by atoms with E-state index in [1.807, 2.05) is 22.6 Å². The molecule has 1 aromatic rings. The molecule has 3 N–H and O–H groups in total. The summed E-state index contributed by atoms with van der Waals surface area (Å²) in [4.78, 5) is 3.68. The summed E-state index contributed by atoms with van der Waals surface area (Å²) in [6, 6.07) is 3.14. The predicted octanol–water partition coefficient (Wildman–Crippen LogP) is 0.0482. The standard InChI is InChI=1S/C7H7IN4O2S/c1-11-15(13,14)7-4(3-9)2-5(8)6(10)12-7/h2,11H,1H3,(H2,10,12). The Morgan fingerprint density at radius 3 is 2.73 bits per heavy atom. The first kappa shape index (κ1) is 12.2. The highest BCUT2D eigenvalue weighted by Gasteiger charge is 2.20. The molecule has 0 spiro atoms. The van der Waals surface area contributed by atoms with Crippen LogP contribution in [0.15, 0.2) is 11.1 Å². The number of nitriles is 1. The molecule has 15 heavy (non-hydrogen) atoms. The first-order valence-electron chi connectivity index (χ1n) is 3.72. The molecule has 0 aromatic carbocycles. The van der Waals surface area contributed by atoms with E-state index < -0.39 is 10.0 Å². The molecule has 0 bridgehead atoms. The molecule has 0 unspecified atom stereocenters. The Balaban J connectivity index is 3.57. The number of rotatable bonds is 2. The number of nitrogens with one attached hydrogen (secondary N) is 1. The lowest BCUT2D eigenvalue weighted by molar-refractivity contribution is 0.584. The van der Waals surface area contributed by atoms with Gasteiger partial charge in [0.25, 0.3) is 10.0 Å². The second kappa shape index (κ2) is 4.30. The molecular formula is C7H7IN4O2S. The fraction of sp³-hybridized carbons (Fsp3) is 0.143. The molecule has 0 aliphatic rings. The van der Waals surface area contributed by atoms with Crippen LogP contribution in [0.3, 0.4) is 0 Å². The van der Waals surface area contributed by atoms with E-state index in [1.54, 1.807) is 6.07 Å². The van der Waals surface area contributed by atoms with Crippen LogP contribution in [0.1, 0.15) is 5.56 Å². The zero-order chi connectivity index (χ0) is 11.6. The van der Waals surface area contributed by atoms with Gasteiger partial charge in [0.1, 0.15) is 11.9 Å². The highest BCUT2D eigenvalue weighted by atomic mass is 127. The van der Waals surface area contributed by atoms with Gasteiger partial charge in [0.15, 0.2) is 5.03 Å². The van der Waals surface area contributed by atoms with E-state index in [0.717, 1.165) is 0 Å². The molecule has 1 heterocycles. The quantitative estimate of drug-likeness (QED) is 0.741. The summed E-state index contributed by atoms with van der Waals surface area (Å²) in [6.07, 6.45) is 0. The number of sulfonamides is 1. The van der Waals surface area contributed by atoms with Crippen molar-refractivity contribution in [2.24, 2.45) is 0 Å². The molecule has 1 aromatic heterocycles. The number of halogens is 1. The minimum atomic E-state index is -3.75. The van der Waals surface area contributed by atoms with Crippen molar-refractivity contribution < 1.29 is 8.42 Å². The van der Waals surface area contributed by atoms with Gasteiger partial charge >= 0.3 is 0 Å². The highest BCUT2D eigenvalue weighted by molar-refractivity contribution is 14.1. The number of nitrogens with zero attached hydrogens (tertiary/aromatic N) is 2. The third kappa shape index (κ3) is 2.36. The minimum absolute atomic E-state index is 0.0250. The van der Waals surface area contributed by atoms with Gasteiger partial charge in [0.05, 0.1) is 9.13 Å². The van der Waals surface area contributed by atoms with Crippen molar-refractivity contribution >= 4 is 38.4 Å². The number of pyridine rings is 1. The van der Waals surface area contributed by atoms with Crippen molar-refractivity contribution in [3.63, 3.8) is 0 Å². The van der Waals surface area contributed by atoms with Crippen LogP contribution in [0.2, 0.25) is 0 Å². The van der Waals surface area contributed by atoms with E-state index in [9.17, 15) is 8.42 Å². The monoisotopic (exact) mass is 338 g/mol. The second-order valence-corrected chi connectivity index (χ2v) is 5.49. The lowest BCUT2D eigenvalue weighted by atomic mass is 10.3. The van der Waals surface area contributed by atoms with Gasteiger partial charge in [-0.05, 0) is 35.7 Å². The van der Waals surface area contributed by atoms with Crippen LogP contribution in [0.4, 0.5) is 5.82 Å². The van der Waals surface area contributed by atoms with E-state index in [2.05, 4.69) is 9.71 Å². The van der Waals surface area contributed by atoms with Crippen molar-refractivity contribution in [2.45, 2.75) is 5.03 Å². The van der Waals surface area contributed by atoms with E-state index >= 15 is 0 Å². The van der Waals surface area contributed by atoms with E-state index in [4.69, 9.17) is 11.0 Å². The smallest absolute Gasteiger partial charge is 0.259 e. The van der Waals surface area contributed by atoms with Crippen LogP contribution in [-0.4, -0.2) is 20.4 Å². The average molecular weight is 338 g/mol. The van der Waals surface area contributed by atoms with Gasteiger partial charge in [0.2, 0.25) is 0 Å². The average Bonchev–Trinajstić information content (AvgIpc) is 2.21. The molecule has 8 heteroatoms. The van der Waals surface area contributed by atoms with Gasteiger partial charge in [-0.1, -0.05) is 0 Å². The molecule has 0 atom stereocenters. The molecular weight excluding hydrogens is 331 g/mol. The summed E-state index contributed by atoms with van der Waals surface area (Å²) >= 11 is 1.88. The van der Waals surface area contributed by atoms with Crippen LogP contribution in [0, 0.1) is 14.9 Å². The zero-order valence-corrected chi connectivity index (χ0v) is 10.6. The van der Waals surface area contributed by atoms with E-state index in [-0.39, 0.29) is 16.4 Å². The number of aromatic nitrogens is 1. The SMILES string of the molecule is CNS(=O)(=O)c1nc(N)c(I)cc1C#N. The van der Waals surface area contributed by atoms with Crippen molar-refractivity contribution in [3.8, 4) is 6.07 Å². The van der Waals surface area contributed by atoms with Crippen LogP contribution in [-0.2, 0) is 10.0 Å². The summed E-state index contributed by atoms with van der Waals surface area (Å²) in [5.41, 5.74) is 5.45. The van der Waals surface area contributed by atoms with E-state index in [1.165, 1.54) is 13.1 Å². The minimum Gasteiger partial charge on any atom is -0.383 e. The number of hydrogen-bond acceptors (Lipinski definition) is 5. The normalized spacial score (nSPS) is 11.0. The summed E-state index contributed by atoms with van der Waals surface area (Å²) < 4.78 is 25.5. The molecule has 0 aliphatic heterocycles. The Morgan fingerprint density at radius 2 is 2.27 bits per heavy atom. The van der Waals surface area contributed by atoms with Gasteiger partial charge in [-0.15, -0.1) is 0 Å². The predicted molar refractivity (Wildman–Crippen MR) is 62.3 cm³/mol. The zero-order valence-electron chi connectivity index (χ0n) is 7.65. The van der Waals surface area contributed by atoms with Crippen LogP contribution in [0.25, 0.3) is 0 Å². The first-order chi connectivity index (χ1) is 6.92. The van der Waals surface area contributed by atoms with Crippen LogP contribution < -0.4 is 10.5 Å². The molecule has 6 nitrogen and oxygen atoms in total. The molecule has 1 rings (SSSR count). The van der Waals surface area contributed by atoms with Gasteiger partial charge in [-0.25, -0.2) is 18.1 Å². The maximum Gasteiger partial charge on any atom is 0.259 e. The Kier molecular flexibility index (Phi) is 3.48. The molecule has 0 saturated carbocycles. The number of nitrogens with two attached hydrogens (primary N) is 1. The van der Waals surface area contributed by atoms with Crippen molar-refractivity contribution in [1.82, 2.24) is 9.71 Å². The molecule has 0 aliphatic carbocycles. The third-order valence-electron chi connectivity index (χ3n) is 1.61. The third-order valence-corrected chi connectivity index (χ3v) is 3.83. The maximum absolute atomic E-state index is 11.5. The van der Waals surface area contributed by atoms with Crippen LogP contribution in [0.5, 0.6) is 0 Å². The Bertz CT molecular complexity index is 535. The van der Waals surface area contributed by atoms with Gasteiger partial charge < -0.3 is 5.73 Å². The fourth-order valence-electron chi connectivity index (χ4n) is 0.867. The summed E-state index contributed by atoms with van der Waals surface area (Å²) in [7, 11) is -2.50. The molecule has 0 amide bonds. The van der Waals surface area contributed by atoms with Gasteiger partial charge in [0, 0.05) is 0 Å². The van der Waals surface area contributed by atoms with Gasteiger partial charge in [-0.2, -0.15) is 5.26 Å². The first-order valence-corrected chi connectivity index (χ1v) is 6.28. The number of nitrogen functional groups attached to an aromatic ring is 1. The number of hydrogen-bond donors (Lipinski definition) is 2. The fourth-order valence-corrected chi connectivity index (χ4v) is 2.11. The molecule has 0 saturated heterocycles. The highest BCUT2D eigenvalue weighted by Crippen LogP contribution is 2.19. The van der Waals surface area contributed by atoms with Crippen molar-refractivity contribution in [3.05, 3.63) is 15.2 Å². The van der Waals surface area contributed by atoms with E-state index in [0.29, 0.717) is 3.57 Å². The maximum atomic E-state index is 11.5. The summed E-state index contributed by atoms with van der Waals surface area (Å²) in [5, 5.41) is 8.42. The molecule has 80 valence electrons. The molecule has 0 radical (unpaired) electrons. The Hall–Kier alpha value is -0.920. The Labute approximate surface area is 101 Å². The lowest BCUT2D eigenvalue weighted by Crippen LogP contribution is -2.21. The van der Waals surface area contributed by atoms with Crippen LogP contribution >= 0.6 is 22.6 Å². The summed E-state index contributed by atoms with van der Waals surface area (Å²) in [6.45, 7) is 0. The number of anilines is 1. The second-order valence-electron chi connectivity index (χ2n) is 2.53. The lowest BCUT2D eigenvalue weighted by Gasteiger charge is -2.05. The Morgan fingerprint density at radius 1 is 1.67 bits per heavy atom. The summed E-state index contributed by atoms with van der Waals surface area (Å²) in [5.74, 6) is 0.0865. The topological polar surface area (TPSA) is 109 Å². The van der Waals surface area contributed by atoms with Gasteiger partial charge in [-0.3, -0.25) is 0 Å². The molecule has 0 fully saturated rings. The largest absolute Gasteiger partial charge is 0.383 e. The van der Waals surface area contributed by atoms with Crippen molar-refractivity contribution in [2.75, 3.05) is 12.8 Å². The van der Waals surface area contributed by atoms with Crippen molar-refractivity contribution in [1.29, 1.82) is 5.26 Å².